The lowest BCUT2D eigenvalue weighted by molar-refractivity contribution is -0.150. The van der Waals surface area contributed by atoms with E-state index >= 15 is 0 Å². The number of carbonyl (C=O) groups is 5. The molecule has 2 aliphatic heterocycles. The van der Waals surface area contributed by atoms with Crippen LogP contribution in [0.25, 0.3) is 0 Å². The van der Waals surface area contributed by atoms with Gasteiger partial charge in [-0.1, -0.05) is 23.9 Å². The van der Waals surface area contributed by atoms with Crippen LogP contribution in [-0.4, -0.2) is 88.0 Å². The predicted molar refractivity (Wildman–Crippen MR) is 131 cm³/mol. The summed E-state index contributed by atoms with van der Waals surface area (Å²) in [6.07, 6.45) is 0. The van der Waals surface area contributed by atoms with Crippen LogP contribution >= 0.6 is 23.5 Å². The summed E-state index contributed by atoms with van der Waals surface area (Å²) in [7, 11) is 0. The van der Waals surface area contributed by atoms with Gasteiger partial charge in [-0.3, -0.25) is 24.1 Å². The van der Waals surface area contributed by atoms with E-state index in [1.807, 2.05) is 0 Å². The minimum absolute atomic E-state index is 0.108. The minimum atomic E-state index is -1.31. The lowest BCUT2D eigenvalue weighted by atomic mass is 10.0. The number of carbonyl (C=O) groups excluding carboxylic acids is 3. The fourth-order valence-corrected chi connectivity index (χ4v) is 6.14. The predicted octanol–water partition coefficient (Wildman–Crippen LogP) is -0.786. The van der Waals surface area contributed by atoms with E-state index in [1.165, 1.54) is 43.0 Å². The molecule has 3 atom stereocenters. The standard InChI is InChI=1S/C21H21N7O8S2/c1-9(29)36-12-4-2-10(3-5-12)14(22)17(32)23-15-18(33)28-16(20(34)35)11(7-37-19(15)28)8-38-21-24-25-26-27(21)6-13(30)31/h2-5,14-15,19H,6-8,22H2,1H3,(H,23,32)(H,30,31)(H,34,35)/t14?,15?,19-/m1/s1. The molecule has 0 aliphatic carbocycles. The third-order valence-corrected chi connectivity index (χ3v) is 7.87. The quantitative estimate of drug-likeness (QED) is 0.120. The maximum Gasteiger partial charge on any atom is 0.352 e. The lowest BCUT2D eigenvalue weighted by Crippen LogP contribution is -2.71. The van der Waals surface area contributed by atoms with E-state index in [4.69, 9.17) is 15.6 Å². The Kier molecular flexibility index (Phi) is 7.98. The van der Waals surface area contributed by atoms with Crippen LogP contribution < -0.4 is 15.8 Å². The van der Waals surface area contributed by atoms with E-state index in [2.05, 4.69) is 20.8 Å². The molecular weight excluding hydrogens is 542 g/mol. The highest BCUT2D eigenvalue weighted by atomic mass is 32.2. The van der Waals surface area contributed by atoms with Crippen molar-refractivity contribution in [1.29, 1.82) is 0 Å². The van der Waals surface area contributed by atoms with Gasteiger partial charge < -0.3 is 26.0 Å². The van der Waals surface area contributed by atoms with Crippen LogP contribution in [-0.2, 0) is 30.5 Å². The Hall–Kier alpha value is -3.96. The summed E-state index contributed by atoms with van der Waals surface area (Å²) in [4.78, 5) is 60.9. The smallest absolute Gasteiger partial charge is 0.352 e. The number of hydrogen-bond donors (Lipinski definition) is 4. The topological polar surface area (TPSA) is 220 Å². The van der Waals surface area contributed by atoms with Crippen molar-refractivity contribution >= 4 is 53.2 Å². The summed E-state index contributed by atoms with van der Waals surface area (Å²) >= 11 is 2.32. The number of esters is 1. The van der Waals surface area contributed by atoms with Crippen molar-refractivity contribution in [3.05, 3.63) is 41.1 Å². The summed E-state index contributed by atoms with van der Waals surface area (Å²) < 4.78 is 6.02. The number of aromatic nitrogens is 4. The molecular formula is C21H21N7O8S2. The molecule has 4 rings (SSSR count). The number of nitrogens with two attached hydrogens (primary N) is 1. The Morgan fingerprint density at radius 1 is 1.26 bits per heavy atom. The Bertz CT molecular complexity index is 1330. The number of nitrogens with zero attached hydrogens (tertiary/aromatic N) is 5. The van der Waals surface area contributed by atoms with E-state index in [-0.39, 0.29) is 28.1 Å². The largest absolute Gasteiger partial charge is 0.480 e. The number of aliphatic carboxylic acids is 2. The normalized spacial score (nSPS) is 19.3. The lowest BCUT2D eigenvalue weighted by Gasteiger charge is -2.49. The number of carboxylic acids is 2. The number of amides is 2. The Morgan fingerprint density at radius 2 is 1.97 bits per heavy atom. The van der Waals surface area contributed by atoms with Crippen molar-refractivity contribution in [2.75, 3.05) is 11.5 Å². The van der Waals surface area contributed by atoms with Gasteiger partial charge >= 0.3 is 17.9 Å². The van der Waals surface area contributed by atoms with Crippen LogP contribution in [0.15, 0.2) is 40.7 Å². The first-order valence-corrected chi connectivity index (χ1v) is 12.9. The van der Waals surface area contributed by atoms with Crippen molar-refractivity contribution in [1.82, 2.24) is 30.4 Å². The first-order chi connectivity index (χ1) is 18.1. The first-order valence-electron chi connectivity index (χ1n) is 10.9. The monoisotopic (exact) mass is 563 g/mol. The summed E-state index contributed by atoms with van der Waals surface area (Å²) in [6.45, 7) is 0.802. The average Bonchev–Trinajstić information content (AvgIpc) is 3.30. The molecule has 1 aromatic carbocycles. The number of hydrogen-bond acceptors (Lipinski definition) is 12. The van der Waals surface area contributed by atoms with Gasteiger partial charge in [-0.2, -0.15) is 0 Å². The molecule has 2 unspecified atom stereocenters. The van der Waals surface area contributed by atoms with Gasteiger partial charge in [-0.05, 0) is 33.7 Å². The number of nitrogens with one attached hydrogen (secondary N) is 1. The Labute approximate surface area is 222 Å². The molecule has 17 heteroatoms. The summed E-state index contributed by atoms with van der Waals surface area (Å²) in [5.74, 6) is -3.52. The van der Waals surface area contributed by atoms with Gasteiger partial charge in [-0.25, -0.2) is 9.48 Å². The molecule has 1 saturated heterocycles. The zero-order chi connectivity index (χ0) is 27.6. The summed E-state index contributed by atoms with van der Waals surface area (Å²) in [6, 6.07) is 3.94. The number of tetrazole rings is 1. The van der Waals surface area contributed by atoms with Crippen LogP contribution in [0.5, 0.6) is 5.75 Å². The molecule has 0 spiro atoms. The number of carboxylic acid groups (broad SMARTS) is 2. The number of β-lactam (4-membered cyclic amide) rings is 1. The van der Waals surface area contributed by atoms with Gasteiger partial charge in [-0.15, -0.1) is 16.9 Å². The number of ether oxygens (including phenoxy) is 1. The fraction of sp³-hybridized carbons (Fsp3) is 0.333. The average molecular weight is 564 g/mol. The van der Waals surface area contributed by atoms with Crippen LogP contribution in [0.4, 0.5) is 0 Å². The molecule has 0 radical (unpaired) electrons. The van der Waals surface area contributed by atoms with Gasteiger partial charge in [0, 0.05) is 18.4 Å². The van der Waals surface area contributed by atoms with E-state index in [1.54, 1.807) is 0 Å². The number of thioether (sulfide) groups is 2. The molecule has 2 amide bonds. The number of rotatable bonds is 10. The number of fused-ring (bicyclic) bond motifs is 1. The molecule has 0 bridgehead atoms. The third kappa shape index (κ3) is 5.63. The molecule has 38 heavy (non-hydrogen) atoms. The highest BCUT2D eigenvalue weighted by Gasteiger charge is 2.54. The first kappa shape index (κ1) is 27.1. The third-order valence-electron chi connectivity index (χ3n) is 5.49. The van der Waals surface area contributed by atoms with Crippen molar-refractivity contribution in [2.24, 2.45) is 5.73 Å². The molecule has 2 aromatic rings. The molecule has 1 aromatic heterocycles. The SMILES string of the molecule is CC(=O)Oc1ccc(C(N)C(=O)NC2C(=O)N3C(C(=O)O)=C(CSc4nnnn4CC(=O)O)CS[C@H]23)cc1. The van der Waals surface area contributed by atoms with Gasteiger partial charge in [0.15, 0.2) is 0 Å². The molecule has 2 aliphatic rings. The highest BCUT2D eigenvalue weighted by molar-refractivity contribution is 8.01. The highest BCUT2D eigenvalue weighted by Crippen LogP contribution is 2.41. The van der Waals surface area contributed by atoms with Crippen molar-refractivity contribution < 1.29 is 38.9 Å². The van der Waals surface area contributed by atoms with Crippen LogP contribution in [0.2, 0.25) is 0 Å². The molecule has 1 fully saturated rings. The van der Waals surface area contributed by atoms with Gasteiger partial charge in [0.25, 0.3) is 5.91 Å². The van der Waals surface area contributed by atoms with Gasteiger partial charge in [0.1, 0.15) is 35.4 Å². The van der Waals surface area contributed by atoms with Gasteiger partial charge in [0.2, 0.25) is 11.1 Å². The maximum atomic E-state index is 12.9. The summed E-state index contributed by atoms with van der Waals surface area (Å²) in [5.41, 5.74) is 6.70. The van der Waals surface area contributed by atoms with Crippen LogP contribution in [0.1, 0.15) is 18.5 Å². The van der Waals surface area contributed by atoms with E-state index in [0.717, 1.165) is 21.3 Å². The van der Waals surface area contributed by atoms with Crippen molar-refractivity contribution in [2.45, 2.75) is 36.1 Å². The second kappa shape index (κ2) is 11.2. The van der Waals surface area contributed by atoms with Crippen molar-refractivity contribution in [3.63, 3.8) is 0 Å². The zero-order valence-corrected chi connectivity index (χ0v) is 21.3. The summed E-state index contributed by atoms with van der Waals surface area (Å²) in [5, 5.41) is 31.7. The molecule has 15 nitrogen and oxygen atoms in total. The molecule has 5 N–H and O–H groups in total. The number of benzene rings is 1. The maximum absolute atomic E-state index is 12.9. The molecule has 3 heterocycles. The van der Waals surface area contributed by atoms with Gasteiger partial charge in [0.05, 0.1) is 0 Å². The second-order valence-corrected chi connectivity index (χ2v) is 10.1. The Balaban J connectivity index is 1.42. The second-order valence-electron chi connectivity index (χ2n) is 8.10. The van der Waals surface area contributed by atoms with E-state index in [0.29, 0.717) is 11.1 Å². The van der Waals surface area contributed by atoms with Crippen LogP contribution in [0.3, 0.4) is 0 Å². The van der Waals surface area contributed by atoms with E-state index < -0.39 is 53.7 Å². The fourth-order valence-electron chi connectivity index (χ4n) is 3.78. The minimum Gasteiger partial charge on any atom is -0.480 e. The zero-order valence-electron chi connectivity index (χ0n) is 19.6. The molecule has 0 saturated carbocycles. The van der Waals surface area contributed by atoms with E-state index in [9.17, 15) is 29.1 Å². The Morgan fingerprint density at radius 3 is 2.61 bits per heavy atom. The molecule has 200 valence electrons. The van der Waals surface area contributed by atoms with Crippen LogP contribution in [0, 0.1) is 0 Å². The van der Waals surface area contributed by atoms with Crippen molar-refractivity contribution in [3.8, 4) is 5.75 Å².